The summed E-state index contributed by atoms with van der Waals surface area (Å²) >= 11 is 0. The minimum atomic E-state index is -0.0564. The molecule has 0 saturated heterocycles. The second-order valence-corrected chi connectivity index (χ2v) is 4.12. The van der Waals surface area contributed by atoms with Crippen LogP contribution in [0.25, 0.3) is 0 Å². The van der Waals surface area contributed by atoms with Gasteiger partial charge >= 0.3 is 0 Å². The smallest absolute Gasteiger partial charge is 0.219 e. The van der Waals surface area contributed by atoms with E-state index in [9.17, 15) is 0 Å². The number of ether oxygens (including phenoxy) is 1. The van der Waals surface area contributed by atoms with Crippen LogP contribution >= 0.6 is 0 Å². The number of nitrogens with zero attached hydrogens (tertiary/aromatic N) is 1. The zero-order valence-corrected chi connectivity index (χ0v) is 10.2. The molecule has 1 aromatic heterocycles. The summed E-state index contributed by atoms with van der Waals surface area (Å²) in [7, 11) is 0. The molecule has 0 amide bonds. The van der Waals surface area contributed by atoms with Gasteiger partial charge in [0.15, 0.2) is 0 Å². The number of aromatic nitrogens is 1. The number of pyridine rings is 1. The number of hydrogen-bond acceptors (Lipinski definition) is 4. The summed E-state index contributed by atoms with van der Waals surface area (Å²) in [5.74, 6) is 1.15. The predicted octanol–water partition coefficient (Wildman–Crippen LogP) is 2.39. The van der Waals surface area contributed by atoms with Crippen LogP contribution < -0.4 is 10.5 Å². The van der Waals surface area contributed by atoms with E-state index in [2.05, 4.69) is 4.98 Å². The fourth-order valence-electron chi connectivity index (χ4n) is 1.59. The largest absolute Gasteiger partial charge is 0.439 e. The maximum atomic E-state index is 9.06. The molecular formula is C14H16N2O2. The molecule has 0 unspecified atom stereocenters. The van der Waals surface area contributed by atoms with Crippen molar-refractivity contribution in [2.24, 2.45) is 5.73 Å². The first kappa shape index (κ1) is 12.5. The first-order valence-electron chi connectivity index (χ1n) is 5.78. The molecule has 4 nitrogen and oxygen atoms in total. The molecule has 1 heterocycles. The number of aliphatic hydroxyl groups is 1. The fourth-order valence-corrected chi connectivity index (χ4v) is 1.59. The zero-order chi connectivity index (χ0) is 13.0. The van der Waals surface area contributed by atoms with E-state index in [1.165, 1.54) is 0 Å². The summed E-state index contributed by atoms with van der Waals surface area (Å²) in [6.07, 6.45) is 1.67. The molecular weight excluding hydrogens is 228 g/mol. The Kier molecular flexibility index (Phi) is 3.92. The molecule has 0 saturated carbocycles. The Balaban J connectivity index is 2.20. The van der Waals surface area contributed by atoms with E-state index in [0.29, 0.717) is 11.6 Å². The normalized spacial score (nSPS) is 12.2. The Morgan fingerprint density at radius 2 is 2.17 bits per heavy atom. The lowest BCUT2D eigenvalue weighted by Crippen LogP contribution is -2.05. The van der Waals surface area contributed by atoms with Gasteiger partial charge in [-0.3, -0.25) is 0 Å². The van der Waals surface area contributed by atoms with Crippen LogP contribution in [0.2, 0.25) is 0 Å². The van der Waals surface area contributed by atoms with Gasteiger partial charge in [0.25, 0.3) is 0 Å². The van der Waals surface area contributed by atoms with Gasteiger partial charge in [0.1, 0.15) is 5.75 Å². The molecule has 0 radical (unpaired) electrons. The standard InChI is InChI=1S/C14H16N2O2/c1-10(15)12-5-6-16-14(8-12)18-13-4-2-3-11(7-13)9-17/h2-8,10,17H,9,15H2,1H3/t10-/m1/s1. The highest BCUT2D eigenvalue weighted by Gasteiger charge is 2.04. The van der Waals surface area contributed by atoms with Crippen LogP contribution in [-0.2, 0) is 6.61 Å². The van der Waals surface area contributed by atoms with Gasteiger partial charge in [0.2, 0.25) is 5.88 Å². The summed E-state index contributed by atoms with van der Waals surface area (Å²) in [5, 5.41) is 9.06. The van der Waals surface area contributed by atoms with E-state index < -0.39 is 0 Å². The topological polar surface area (TPSA) is 68.4 Å². The first-order chi connectivity index (χ1) is 8.69. The lowest BCUT2D eigenvalue weighted by molar-refractivity contribution is 0.281. The number of hydrogen-bond donors (Lipinski definition) is 2. The van der Waals surface area contributed by atoms with Crippen molar-refractivity contribution in [1.29, 1.82) is 0 Å². The highest BCUT2D eigenvalue weighted by molar-refractivity contribution is 5.32. The van der Waals surface area contributed by atoms with Crippen LogP contribution in [0.1, 0.15) is 24.1 Å². The third kappa shape index (κ3) is 3.06. The molecule has 0 aliphatic carbocycles. The molecule has 3 N–H and O–H groups in total. The molecule has 0 fully saturated rings. The fraction of sp³-hybridized carbons (Fsp3) is 0.214. The first-order valence-corrected chi connectivity index (χ1v) is 5.78. The Bertz CT molecular complexity index is 527. The monoisotopic (exact) mass is 244 g/mol. The quantitative estimate of drug-likeness (QED) is 0.866. The Hall–Kier alpha value is -1.91. The van der Waals surface area contributed by atoms with E-state index in [4.69, 9.17) is 15.6 Å². The van der Waals surface area contributed by atoms with Crippen molar-refractivity contribution in [3.05, 3.63) is 53.7 Å². The van der Waals surface area contributed by atoms with Crippen LogP contribution in [0.5, 0.6) is 11.6 Å². The second kappa shape index (κ2) is 5.62. The Labute approximate surface area is 106 Å². The van der Waals surface area contributed by atoms with Crippen molar-refractivity contribution >= 4 is 0 Å². The maximum Gasteiger partial charge on any atom is 0.219 e. The molecule has 1 aromatic carbocycles. The van der Waals surface area contributed by atoms with Gasteiger partial charge in [-0.05, 0) is 36.2 Å². The molecule has 1 atom stereocenters. The van der Waals surface area contributed by atoms with Crippen LogP contribution in [0.4, 0.5) is 0 Å². The molecule has 2 aromatic rings. The molecule has 18 heavy (non-hydrogen) atoms. The number of benzene rings is 1. The van der Waals surface area contributed by atoms with Crippen LogP contribution in [0, 0.1) is 0 Å². The molecule has 0 spiro atoms. The minimum Gasteiger partial charge on any atom is -0.439 e. The molecule has 2 rings (SSSR count). The average Bonchev–Trinajstić information content (AvgIpc) is 2.39. The van der Waals surface area contributed by atoms with Crippen LogP contribution in [0.15, 0.2) is 42.6 Å². The second-order valence-electron chi connectivity index (χ2n) is 4.12. The van der Waals surface area contributed by atoms with Crippen molar-refractivity contribution in [2.75, 3.05) is 0 Å². The van der Waals surface area contributed by atoms with E-state index in [0.717, 1.165) is 11.1 Å². The van der Waals surface area contributed by atoms with Gasteiger partial charge in [-0.2, -0.15) is 0 Å². The summed E-state index contributed by atoms with van der Waals surface area (Å²) in [4.78, 5) is 4.13. The molecule has 0 aliphatic rings. The summed E-state index contributed by atoms with van der Waals surface area (Å²) in [5.41, 5.74) is 7.58. The lowest BCUT2D eigenvalue weighted by atomic mass is 10.1. The van der Waals surface area contributed by atoms with E-state index in [1.807, 2.05) is 37.3 Å². The molecule has 94 valence electrons. The SMILES string of the molecule is C[C@@H](N)c1ccnc(Oc2cccc(CO)c2)c1. The van der Waals surface area contributed by atoms with Gasteiger partial charge < -0.3 is 15.6 Å². The predicted molar refractivity (Wildman–Crippen MR) is 69.3 cm³/mol. The maximum absolute atomic E-state index is 9.06. The summed E-state index contributed by atoms with van der Waals surface area (Å²) in [6, 6.07) is 10.9. The minimum absolute atomic E-state index is 0.00942. The third-order valence-electron chi connectivity index (χ3n) is 2.59. The number of aliphatic hydroxyl groups excluding tert-OH is 1. The van der Waals surface area contributed by atoms with Crippen molar-refractivity contribution in [2.45, 2.75) is 19.6 Å². The number of nitrogens with two attached hydrogens (primary N) is 1. The Morgan fingerprint density at radius 3 is 2.89 bits per heavy atom. The van der Waals surface area contributed by atoms with E-state index in [-0.39, 0.29) is 12.6 Å². The highest BCUT2D eigenvalue weighted by atomic mass is 16.5. The Morgan fingerprint density at radius 1 is 1.33 bits per heavy atom. The van der Waals surface area contributed by atoms with Crippen molar-refractivity contribution in [3.8, 4) is 11.6 Å². The molecule has 0 bridgehead atoms. The highest BCUT2D eigenvalue weighted by Crippen LogP contribution is 2.22. The molecule has 0 aliphatic heterocycles. The van der Waals surface area contributed by atoms with Gasteiger partial charge in [-0.1, -0.05) is 12.1 Å². The zero-order valence-electron chi connectivity index (χ0n) is 10.2. The molecule has 4 heteroatoms. The number of rotatable bonds is 4. The van der Waals surface area contributed by atoms with E-state index in [1.54, 1.807) is 12.3 Å². The third-order valence-corrected chi connectivity index (χ3v) is 2.59. The van der Waals surface area contributed by atoms with Gasteiger partial charge in [0.05, 0.1) is 6.61 Å². The van der Waals surface area contributed by atoms with Gasteiger partial charge in [-0.15, -0.1) is 0 Å². The van der Waals surface area contributed by atoms with Crippen molar-refractivity contribution < 1.29 is 9.84 Å². The van der Waals surface area contributed by atoms with E-state index >= 15 is 0 Å². The van der Waals surface area contributed by atoms with Crippen LogP contribution in [-0.4, -0.2) is 10.1 Å². The van der Waals surface area contributed by atoms with Crippen molar-refractivity contribution in [3.63, 3.8) is 0 Å². The summed E-state index contributed by atoms with van der Waals surface area (Å²) in [6.45, 7) is 1.90. The lowest BCUT2D eigenvalue weighted by Gasteiger charge is -2.09. The summed E-state index contributed by atoms with van der Waals surface area (Å²) < 4.78 is 5.63. The van der Waals surface area contributed by atoms with Crippen molar-refractivity contribution in [1.82, 2.24) is 4.98 Å². The van der Waals surface area contributed by atoms with Gasteiger partial charge in [0, 0.05) is 18.3 Å². The van der Waals surface area contributed by atoms with Crippen LogP contribution in [0.3, 0.4) is 0 Å². The average molecular weight is 244 g/mol. The van der Waals surface area contributed by atoms with Gasteiger partial charge in [-0.25, -0.2) is 4.98 Å².